The highest BCUT2D eigenvalue weighted by molar-refractivity contribution is 5.96. The highest BCUT2D eigenvalue weighted by Crippen LogP contribution is 2.41. The number of benzene rings is 1. The van der Waals surface area contributed by atoms with Gasteiger partial charge in [0.25, 0.3) is 0 Å². The maximum Gasteiger partial charge on any atom is 0.224 e. The van der Waals surface area contributed by atoms with Crippen LogP contribution in [0, 0.1) is 0 Å². The number of phenols is 1. The number of phenolic OH excluding ortho intramolecular Hbond substituents is 1. The Balaban J connectivity index is 2.47. The molecule has 1 heterocycles. The molecule has 0 aromatic heterocycles. The zero-order chi connectivity index (χ0) is 14.7. The lowest BCUT2D eigenvalue weighted by molar-refractivity contribution is -0.116. The van der Waals surface area contributed by atoms with Gasteiger partial charge in [0.2, 0.25) is 5.91 Å². The minimum atomic E-state index is -0.0549. The third kappa shape index (κ3) is 2.93. The molecule has 1 aliphatic heterocycles. The van der Waals surface area contributed by atoms with Crippen LogP contribution in [0.4, 0.5) is 5.69 Å². The Hall–Kier alpha value is -2.01. The number of fused-ring (bicyclic) bond motifs is 1. The van der Waals surface area contributed by atoms with E-state index in [1.165, 1.54) is 0 Å². The van der Waals surface area contributed by atoms with E-state index in [-0.39, 0.29) is 11.7 Å². The second-order valence-electron chi connectivity index (χ2n) is 5.12. The minimum Gasteiger partial charge on any atom is -0.507 e. The smallest absolute Gasteiger partial charge is 0.224 e. The number of nitrogens with one attached hydrogen (secondary N) is 1. The number of hydrogen-bond acceptors (Lipinski definition) is 4. The number of rotatable bonds is 5. The molecule has 2 N–H and O–H groups in total. The normalized spacial score (nSPS) is 13.8. The second-order valence-corrected chi connectivity index (χ2v) is 5.12. The van der Waals surface area contributed by atoms with Gasteiger partial charge in [0.15, 0.2) is 0 Å². The van der Waals surface area contributed by atoms with Crippen molar-refractivity contribution in [1.82, 2.24) is 4.90 Å². The van der Waals surface area contributed by atoms with Crippen LogP contribution in [0.2, 0.25) is 0 Å². The van der Waals surface area contributed by atoms with Crippen LogP contribution in [-0.2, 0) is 17.8 Å². The van der Waals surface area contributed by atoms with Crippen LogP contribution in [-0.4, -0.2) is 36.6 Å². The number of hydrogen-bond donors (Lipinski definition) is 2. The first kappa shape index (κ1) is 14.4. The SMILES string of the molecule is C=CCOc1cc(CN(C)C)c(O)c2c1NC(=O)CC2. The Morgan fingerprint density at radius 3 is 2.90 bits per heavy atom. The summed E-state index contributed by atoms with van der Waals surface area (Å²) in [6.07, 6.45) is 2.56. The third-order valence-electron chi connectivity index (χ3n) is 3.15. The number of aromatic hydroxyl groups is 1. The van der Waals surface area contributed by atoms with Crippen LogP contribution in [0.25, 0.3) is 0 Å². The fourth-order valence-corrected chi connectivity index (χ4v) is 2.30. The summed E-state index contributed by atoms with van der Waals surface area (Å²) in [6, 6.07) is 1.78. The highest BCUT2D eigenvalue weighted by Gasteiger charge is 2.24. The molecule has 0 saturated heterocycles. The molecule has 20 heavy (non-hydrogen) atoms. The lowest BCUT2D eigenvalue weighted by Gasteiger charge is -2.24. The maximum absolute atomic E-state index is 11.5. The van der Waals surface area contributed by atoms with Gasteiger partial charge in [-0.15, -0.1) is 0 Å². The zero-order valence-corrected chi connectivity index (χ0v) is 11.9. The summed E-state index contributed by atoms with van der Waals surface area (Å²) >= 11 is 0. The topological polar surface area (TPSA) is 61.8 Å². The Morgan fingerprint density at radius 1 is 1.50 bits per heavy atom. The Morgan fingerprint density at radius 2 is 2.25 bits per heavy atom. The molecule has 0 radical (unpaired) electrons. The molecule has 2 rings (SSSR count). The minimum absolute atomic E-state index is 0.0549. The molecule has 5 heteroatoms. The fourth-order valence-electron chi connectivity index (χ4n) is 2.30. The largest absolute Gasteiger partial charge is 0.507 e. The Bertz CT molecular complexity index is 538. The van der Waals surface area contributed by atoms with Crippen LogP contribution in [0.5, 0.6) is 11.5 Å². The van der Waals surface area contributed by atoms with Crippen molar-refractivity contribution in [3.8, 4) is 11.5 Å². The van der Waals surface area contributed by atoms with E-state index >= 15 is 0 Å². The Labute approximate surface area is 118 Å². The molecule has 1 aromatic carbocycles. The number of amides is 1. The van der Waals surface area contributed by atoms with Crippen LogP contribution >= 0.6 is 0 Å². The molecular weight excluding hydrogens is 256 g/mol. The van der Waals surface area contributed by atoms with E-state index in [4.69, 9.17) is 4.74 Å². The van der Waals surface area contributed by atoms with Crippen LogP contribution < -0.4 is 10.1 Å². The summed E-state index contributed by atoms with van der Waals surface area (Å²) in [5.41, 5.74) is 2.13. The van der Waals surface area contributed by atoms with Crippen molar-refractivity contribution in [3.05, 3.63) is 29.8 Å². The molecule has 0 atom stereocenters. The van der Waals surface area contributed by atoms with E-state index in [9.17, 15) is 9.90 Å². The van der Waals surface area contributed by atoms with Crippen molar-refractivity contribution >= 4 is 11.6 Å². The van der Waals surface area contributed by atoms with Crippen molar-refractivity contribution in [2.75, 3.05) is 26.0 Å². The molecule has 0 bridgehead atoms. The summed E-state index contributed by atoms with van der Waals surface area (Å²) < 4.78 is 5.62. The molecule has 108 valence electrons. The maximum atomic E-state index is 11.5. The van der Waals surface area contributed by atoms with Gasteiger partial charge in [-0.3, -0.25) is 4.79 Å². The quantitative estimate of drug-likeness (QED) is 0.806. The number of carbonyl (C=O) groups is 1. The van der Waals surface area contributed by atoms with Gasteiger partial charge in [0, 0.05) is 24.1 Å². The standard InChI is InChI=1S/C15H20N2O3/c1-4-7-20-12-8-10(9-17(2)3)15(19)11-5-6-13(18)16-14(11)12/h4,8,19H,1,5-7,9H2,2-3H3,(H,16,18). The molecule has 0 aliphatic carbocycles. The van der Waals surface area contributed by atoms with Gasteiger partial charge in [-0.25, -0.2) is 0 Å². The van der Waals surface area contributed by atoms with Crippen molar-refractivity contribution in [2.24, 2.45) is 0 Å². The van der Waals surface area contributed by atoms with E-state index in [0.29, 0.717) is 37.4 Å². The van der Waals surface area contributed by atoms with E-state index in [1.54, 1.807) is 12.1 Å². The van der Waals surface area contributed by atoms with E-state index in [1.807, 2.05) is 19.0 Å². The van der Waals surface area contributed by atoms with Gasteiger partial charge < -0.3 is 20.1 Å². The monoisotopic (exact) mass is 276 g/mol. The van der Waals surface area contributed by atoms with Gasteiger partial charge in [-0.1, -0.05) is 12.7 Å². The average molecular weight is 276 g/mol. The number of nitrogens with zero attached hydrogens (tertiary/aromatic N) is 1. The molecule has 5 nitrogen and oxygen atoms in total. The van der Waals surface area contributed by atoms with Gasteiger partial charge in [0.05, 0.1) is 5.69 Å². The number of anilines is 1. The van der Waals surface area contributed by atoms with Gasteiger partial charge >= 0.3 is 0 Å². The zero-order valence-electron chi connectivity index (χ0n) is 11.9. The number of carbonyl (C=O) groups excluding carboxylic acids is 1. The molecule has 1 aromatic rings. The van der Waals surface area contributed by atoms with Gasteiger partial charge in [-0.05, 0) is 26.6 Å². The summed E-state index contributed by atoms with van der Waals surface area (Å²) in [5.74, 6) is 0.781. The fraction of sp³-hybridized carbons (Fsp3) is 0.400. The number of ether oxygens (including phenoxy) is 1. The predicted octanol–water partition coefficient (Wildman–Crippen LogP) is 1.90. The molecule has 0 unspecified atom stereocenters. The summed E-state index contributed by atoms with van der Waals surface area (Å²) in [6.45, 7) is 4.59. The second kappa shape index (κ2) is 5.96. The third-order valence-corrected chi connectivity index (χ3v) is 3.15. The van der Waals surface area contributed by atoms with Crippen molar-refractivity contribution < 1.29 is 14.6 Å². The molecular formula is C15H20N2O3. The first-order valence-electron chi connectivity index (χ1n) is 6.59. The summed E-state index contributed by atoms with van der Waals surface area (Å²) in [4.78, 5) is 13.5. The van der Waals surface area contributed by atoms with Crippen molar-refractivity contribution in [3.63, 3.8) is 0 Å². The lowest BCUT2D eigenvalue weighted by atomic mass is 9.97. The molecule has 1 amide bonds. The molecule has 0 saturated carbocycles. The predicted molar refractivity (Wildman–Crippen MR) is 78.1 cm³/mol. The van der Waals surface area contributed by atoms with Gasteiger partial charge in [-0.2, -0.15) is 0 Å². The molecule has 0 spiro atoms. The molecule has 1 aliphatic rings. The average Bonchev–Trinajstić information content (AvgIpc) is 2.40. The first-order chi connectivity index (χ1) is 9.52. The van der Waals surface area contributed by atoms with Crippen LogP contribution in [0.1, 0.15) is 17.5 Å². The van der Waals surface area contributed by atoms with Gasteiger partial charge in [0.1, 0.15) is 18.1 Å². The van der Waals surface area contributed by atoms with Crippen LogP contribution in [0.15, 0.2) is 18.7 Å². The summed E-state index contributed by atoms with van der Waals surface area (Å²) in [7, 11) is 3.87. The van der Waals surface area contributed by atoms with E-state index in [0.717, 1.165) is 11.1 Å². The van der Waals surface area contributed by atoms with Crippen molar-refractivity contribution in [1.29, 1.82) is 0 Å². The lowest BCUT2D eigenvalue weighted by Crippen LogP contribution is -2.21. The van der Waals surface area contributed by atoms with Crippen LogP contribution in [0.3, 0.4) is 0 Å². The highest BCUT2D eigenvalue weighted by atomic mass is 16.5. The van der Waals surface area contributed by atoms with Crippen molar-refractivity contribution in [2.45, 2.75) is 19.4 Å². The first-order valence-corrected chi connectivity index (χ1v) is 6.59. The van der Waals surface area contributed by atoms with E-state index < -0.39 is 0 Å². The molecule has 0 fully saturated rings. The summed E-state index contributed by atoms with van der Waals surface area (Å²) in [5, 5.41) is 13.2. The van der Waals surface area contributed by atoms with E-state index in [2.05, 4.69) is 11.9 Å². The Kier molecular flexibility index (Phi) is 4.29.